The lowest BCUT2D eigenvalue weighted by atomic mass is 10.0. The molecule has 0 radical (unpaired) electrons. The van der Waals surface area contributed by atoms with E-state index in [1.54, 1.807) is 0 Å². The zero-order valence-corrected chi connectivity index (χ0v) is 37.7. The molecule has 0 heterocycles. The van der Waals surface area contributed by atoms with Crippen molar-refractivity contribution in [2.24, 2.45) is 0 Å². The van der Waals surface area contributed by atoms with Crippen LogP contribution in [-0.4, -0.2) is 12.6 Å². The van der Waals surface area contributed by atoms with Gasteiger partial charge in [0, 0.05) is 6.42 Å². The third-order valence-corrected chi connectivity index (χ3v) is 11.9. The second-order valence-electron chi connectivity index (χ2n) is 17.5. The average molecular weight is 759 g/mol. The Bertz CT molecular complexity index is 698. The second kappa shape index (κ2) is 50.2. The number of hydrogen-bond donors (Lipinski definition) is 0. The van der Waals surface area contributed by atoms with Gasteiger partial charge in [-0.05, 0) is 32.1 Å². The number of ether oxygens (including phenoxy) is 1. The fraction of sp³-hybridized carbons (Fsp3) is 0.942. The number of hydrogen-bond acceptors (Lipinski definition) is 2. The fourth-order valence-corrected chi connectivity index (χ4v) is 8.06. The maximum atomic E-state index is 12.0. The van der Waals surface area contributed by atoms with E-state index in [1.807, 2.05) is 0 Å². The quantitative estimate of drug-likeness (QED) is 0.0351. The van der Waals surface area contributed by atoms with Crippen LogP contribution in [0.1, 0.15) is 309 Å². The molecule has 54 heavy (non-hydrogen) atoms. The number of carbonyl (C=O) groups is 1. The Morgan fingerprint density at radius 3 is 0.852 bits per heavy atom. The van der Waals surface area contributed by atoms with Crippen molar-refractivity contribution in [2.45, 2.75) is 309 Å². The molecular formula is C52H102O2. The highest BCUT2D eigenvalue weighted by molar-refractivity contribution is 5.69. The van der Waals surface area contributed by atoms with Gasteiger partial charge < -0.3 is 4.74 Å². The van der Waals surface area contributed by atoms with Gasteiger partial charge in [0.1, 0.15) is 0 Å². The van der Waals surface area contributed by atoms with Crippen molar-refractivity contribution in [1.82, 2.24) is 0 Å². The van der Waals surface area contributed by atoms with Crippen LogP contribution in [0.4, 0.5) is 0 Å². The standard InChI is InChI=1S/C52H102O2/c1-3-5-7-9-11-13-15-16-17-18-19-20-21-22-23-24-25-26-27-28-29-30-31-32-33-34-35-36-37-38-39-41-43-45-47-49-51-54-52(53)50-48-46-44-42-40-14-12-10-8-6-4-2/h10,12H,3-9,11,13-51H2,1-2H3/b12-10-. The molecule has 0 aromatic rings. The van der Waals surface area contributed by atoms with E-state index < -0.39 is 0 Å². The highest BCUT2D eigenvalue weighted by Gasteiger charge is 2.03. The van der Waals surface area contributed by atoms with E-state index in [-0.39, 0.29) is 5.97 Å². The summed E-state index contributed by atoms with van der Waals surface area (Å²) >= 11 is 0. The lowest BCUT2D eigenvalue weighted by Gasteiger charge is -2.06. The van der Waals surface area contributed by atoms with E-state index in [2.05, 4.69) is 26.0 Å². The normalized spacial score (nSPS) is 11.7. The van der Waals surface area contributed by atoms with Crippen molar-refractivity contribution in [2.75, 3.05) is 6.61 Å². The topological polar surface area (TPSA) is 26.3 Å². The summed E-state index contributed by atoms with van der Waals surface area (Å²) in [5.74, 6) is 0.0187. The molecule has 322 valence electrons. The summed E-state index contributed by atoms with van der Waals surface area (Å²) in [6.45, 7) is 5.18. The van der Waals surface area contributed by atoms with Crippen LogP contribution in [0.15, 0.2) is 12.2 Å². The van der Waals surface area contributed by atoms with Crippen LogP contribution in [0.25, 0.3) is 0 Å². The van der Waals surface area contributed by atoms with E-state index in [9.17, 15) is 4.79 Å². The molecule has 0 saturated carbocycles. The van der Waals surface area contributed by atoms with Gasteiger partial charge in [0.2, 0.25) is 0 Å². The Morgan fingerprint density at radius 2 is 0.537 bits per heavy atom. The Labute approximate surface area is 342 Å². The van der Waals surface area contributed by atoms with Crippen LogP contribution in [0, 0.1) is 0 Å². The van der Waals surface area contributed by atoms with Crippen molar-refractivity contribution < 1.29 is 9.53 Å². The van der Waals surface area contributed by atoms with E-state index in [0.29, 0.717) is 13.0 Å². The first-order chi connectivity index (χ1) is 26.8. The predicted octanol–water partition coefficient (Wildman–Crippen LogP) is 19.1. The molecule has 0 spiro atoms. The van der Waals surface area contributed by atoms with Crippen LogP contribution in [-0.2, 0) is 9.53 Å². The third-order valence-electron chi connectivity index (χ3n) is 11.9. The molecule has 0 bridgehead atoms. The molecule has 0 atom stereocenters. The highest BCUT2D eigenvalue weighted by atomic mass is 16.5. The molecular weight excluding hydrogens is 657 g/mol. The first-order valence-corrected chi connectivity index (χ1v) is 25.6. The van der Waals surface area contributed by atoms with Crippen LogP contribution in [0.2, 0.25) is 0 Å². The zero-order chi connectivity index (χ0) is 38.9. The Hall–Kier alpha value is -0.790. The number of esters is 1. The Morgan fingerprint density at radius 1 is 0.296 bits per heavy atom. The van der Waals surface area contributed by atoms with Crippen LogP contribution >= 0.6 is 0 Å². The average Bonchev–Trinajstić information content (AvgIpc) is 3.18. The molecule has 0 aliphatic rings. The fourth-order valence-electron chi connectivity index (χ4n) is 8.06. The molecule has 2 heteroatoms. The minimum absolute atomic E-state index is 0.0187. The molecule has 0 aromatic carbocycles. The molecule has 0 aliphatic heterocycles. The van der Waals surface area contributed by atoms with E-state index in [4.69, 9.17) is 4.74 Å². The van der Waals surface area contributed by atoms with Gasteiger partial charge in [0.05, 0.1) is 6.61 Å². The largest absolute Gasteiger partial charge is 0.466 e. The molecule has 0 N–H and O–H groups in total. The SMILES string of the molecule is CCCC/C=C\CCCCCCCC(=O)OCCCCCCCCCCCCCCCCCCCCCCCCCCCCCCCCCCCCCC. The molecule has 0 aromatic heterocycles. The second-order valence-corrected chi connectivity index (χ2v) is 17.5. The number of carbonyl (C=O) groups excluding carboxylic acids is 1. The van der Waals surface area contributed by atoms with Gasteiger partial charge in [-0.2, -0.15) is 0 Å². The minimum Gasteiger partial charge on any atom is -0.466 e. The van der Waals surface area contributed by atoms with E-state index >= 15 is 0 Å². The summed E-state index contributed by atoms with van der Waals surface area (Å²) in [4.78, 5) is 12.0. The van der Waals surface area contributed by atoms with Crippen molar-refractivity contribution in [3.8, 4) is 0 Å². The molecule has 0 saturated heterocycles. The van der Waals surface area contributed by atoms with Gasteiger partial charge in [-0.25, -0.2) is 0 Å². The van der Waals surface area contributed by atoms with Gasteiger partial charge >= 0.3 is 5.97 Å². The predicted molar refractivity (Wildman–Crippen MR) is 244 cm³/mol. The smallest absolute Gasteiger partial charge is 0.305 e. The maximum absolute atomic E-state index is 12.0. The highest BCUT2D eigenvalue weighted by Crippen LogP contribution is 2.18. The summed E-state index contributed by atoms with van der Waals surface area (Å²) < 4.78 is 5.46. The number of unbranched alkanes of at least 4 members (excludes halogenated alkanes) is 42. The summed E-state index contributed by atoms with van der Waals surface area (Å²) in [6.07, 6.45) is 68.1. The summed E-state index contributed by atoms with van der Waals surface area (Å²) in [6, 6.07) is 0. The van der Waals surface area contributed by atoms with Gasteiger partial charge in [0.25, 0.3) is 0 Å². The minimum atomic E-state index is 0.0187. The molecule has 0 aliphatic carbocycles. The lowest BCUT2D eigenvalue weighted by molar-refractivity contribution is -0.143. The zero-order valence-electron chi connectivity index (χ0n) is 37.7. The summed E-state index contributed by atoms with van der Waals surface area (Å²) in [5, 5.41) is 0. The van der Waals surface area contributed by atoms with Crippen molar-refractivity contribution >= 4 is 5.97 Å². The van der Waals surface area contributed by atoms with Crippen molar-refractivity contribution in [3.63, 3.8) is 0 Å². The molecule has 2 nitrogen and oxygen atoms in total. The van der Waals surface area contributed by atoms with Crippen LogP contribution in [0.3, 0.4) is 0 Å². The summed E-state index contributed by atoms with van der Waals surface area (Å²) in [7, 11) is 0. The maximum Gasteiger partial charge on any atom is 0.305 e. The van der Waals surface area contributed by atoms with E-state index in [1.165, 1.54) is 270 Å². The van der Waals surface area contributed by atoms with Crippen molar-refractivity contribution in [3.05, 3.63) is 12.2 Å². The molecule has 0 unspecified atom stereocenters. The summed E-state index contributed by atoms with van der Waals surface area (Å²) in [5.41, 5.74) is 0. The molecule has 0 amide bonds. The van der Waals surface area contributed by atoms with E-state index in [0.717, 1.165) is 19.3 Å². The van der Waals surface area contributed by atoms with Crippen LogP contribution in [0.5, 0.6) is 0 Å². The van der Waals surface area contributed by atoms with Crippen LogP contribution < -0.4 is 0 Å². The number of allylic oxidation sites excluding steroid dienone is 2. The first kappa shape index (κ1) is 53.2. The molecule has 0 fully saturated rings. The Kier molecular flexibility index (Phi) is 49.5. The van der Waals surface area contributed by atoms with Gasteiger partial charge in [-0.15, -0.1) is 0 Å². The first-order valence-electron chi connectivity index (χ1n) is 25.6. The number of rotatable bonds is 48. The van der Waals surface area contributed by atoms with Gasteiger partial charge in [0.15, 0.2) is 0 Å². The third kappa shape index (κ3) is 49.2. The van der Waals surface area contributed by atoms with Gasteiger partial charge in [-0.3, -0.25) is 4.79 Å². The Balaban J connectivity index is 3.12. The van der Waals surface area contributed by atoms with Crippen molar-refractivity contribution in [1.29, 1.82) is 0 Å². The molecule has 0 rings (SSSR count). The van der Waals surface area contributed by atoms with Gasteiger partial charge in [-0.1, -0.05) is 283 Å². The monoisotopic (exact) mass is 759 g/mol. The lowest BCUT2D eigenvalue weighted by Crippen LogP contribution is -2.05.